The van der Waals surface area contributed by atoms with Crippen molar-refractivity contribution in [3.8, 4) is 0 Å². The fourth-order valence-corrected chi connectivity index (χ4v) is 3.69. The Morgan fingerprint density at radius 2 is 2.19 bits per heavy atom. The lowest BCUT2D eigenvalue weighted by Crippen LogP contribution is -2.39. The topological polar surface area (TPSA) is 66.8 Å². The average Bonchev–Trinajstić information content (AvgIpc) is 3.29. The molecule has 1 amide bonds. The molecule has 0 saturated carbocycles. The van der Waals surface area contributed by atoms with Crippen molar-refractivity contribution in [1.82, 2.24) is 24.6 Å². The smallest absolute Gasteiger partial charge is 0.257 e. The van der Waals surface area contributed by atoms with E-state index in [1.807, 2.05) is 21.8 Å². The third-order valence-electron chi connectivity index (χ3n) is 5.21. The number of aromatic nitrogens is 4. The number of aryl methyl sites for hydroxylation is 1. The molecule has 0 bridgehead atoms. The first-order chi connectivity index (χ1) is 12.5. The Labute approximate surface area is 153 Å². The van der Waals surface area contributed by atoms with Gasteiger partial charge in [0.25, 0.3) is 5.91 Å². The maximum Gasteiger partial charge on any atom is 0.257 e. The fraction of sp³-hybridized carbons (Fsp3) is 0.450. The lowest BCUT2D eigenvalue weighted by atomic mass is 9.97. The van der Waals surface area contributed by atoms with Gasteiger partial charge in [-0.15, -0.1) is 0 Å². The molecule has 0 radical (unpaired) electrons. The molecule has 3 heterocycles. The molecule has 1 fully saturated rings. The zero-order valence-corrected chi connectivity index (χ0v) is 15.6. The summed E-state index contributed by atoms with van der Waals surface area (Å²) >= 11 is 0. The number of benzene rings is 1. The number of nitrogens with one attached hydrogen (secondary N) is 1. The van der Waals surface area contributed by atoms with Crippen molar-refractivity contribution in [2.24, 2.45) is 0 Å². The van der Waals surface area contributed by atoms with Crippen LogP contribution < -0.4 is 0 Å². The summed E-state index contributed by atoms with van der Waals surface area (Å²) < 4.78 is 1.83. The molecule has 1 saturated heterocycles. The largest absolute Gasteiger partial charge is 0.342 e. The molecule has 1 unspecified atom stereocenters. The molecule has 136 valence electrons. The first-order valence-electron chi connectivity index (χ1n) is 9.31. The molecular formula is C20H25N5O. The van der Waals surface area contributed by atoms with E-state index < -0.39 is 0 Å². The number of H-pyrrole nitrogens is 1. The molecule has 26 heavy (non-hydrogen) atoms. The minimum Gasteiger partial charge on any atom is -0.342 e. The number of likely N-dealkylation sites (tertiary alicyclic amines) is 1. The van der Waals surface area contributed by atoms with Gasteiger partial charge < -0.3 is 9.88 Å². The summed E-state index contributed by atoms with van der Waals surface area (Å²) in [6.45, 7) is 7.69. The summed E-state index contributed by atoms with van der Waals surface area (Å²) in [6.07, 6.45) is 5.57. The fourth-order valence-electron chi connectivity index (χ4n) is 3.69. The van der Waals surface area contributed by atoms with Gasteiger partial charge in [0, 0.05) is 31.2 Å². The average molecular weight is 351 g/mol. The maximum atomic E-state index is 12.9. The predicted octanol–water partition coefficient (Wildman–Crippen LogP) is 3.67. The number of imidazole rings is 1. The van der Waals surface area contributed by atoms with Gasteiger partial charge in [0.2, 0.25) is 0 Å². The number of rotatable bonds is 3. The van der Waals surface area contributed by atoms with Crippen LogP contribution in [0.15, 0.2) is 30.6 Å². The van der Waals surface area contributed by atoms with E-state index in [2.05, 4.69) is 43.0 Å². The summed E-state index contributed by atoms with van der Waals surface area (Å²) in [5, 5.41) is 4.30. The van der Waals surface area contributed by atoms with Crippen molar-refractivity contribution in [3.05, 3.63) is 47.5 Å². The number of nitrogens with zero attached hydrogens (tertiary/aromatic N) is 4. The molecule has 6 heteroatoms. The van der Waals surface area contributed by atoms with Gasteiger partial charge in [-0.25, -0.2) is 4.98 Å². The summed E-state index contributed by atoms with van der Waals surface area (Å²) in [6, 6.07) is 6.44. The number of amides is 1. The van der Waals surface area contributed by atoms with Gasteiger partial charge in [0.1, 0.15) is 5.82 Å². The predicted molar refractivity (Wildman–Crippen MR) is 101 cm³/mol. The minimum atomic E-state index is 0.0638. The van der Waals surface area contributed by atoms with Crippen molar-refractivity contribution in [3.63, 3.8) is 0 Å². The molecule has 1 aliphatic heterocycles. The van der Waals surface area contributed by atoms with E-state index in [1.54, 1.807) is 6.20 Å². The van der Waals surface area contributed by atoms with E-state index in [-0.39, 0.29) is 17.9 Å². The Balaban J connectivity index is 1.54. The van der Waals surface area contributed by atoms with Gasteiger partial charge in [-0.2, -0.15) is 5.10 Å². The van der Waals surface area contributed by atoms with Crippen LogP contribution in [-0.2, 0) is 0 Å². The van der Waals surface area contributed by atoms with Crippen molar-refractivity contribution < 1.29 is 4.79 Å². The number of carbonyl (C=O) groups excluding carboxylic acids is 1. The van der Waals surface area contributed by atoms with Crippen molar-refractivity contribution in [1.29, 1.82) is 0 Å². The zero-order chi connectivity index (χ0) is 18.3. The maximum absolute atomic E-state index is 12.9. The van der Waals surface area contributed by atoms with E-state index in [9.17, 15) is 4.79 Å². The Kier molecular flexibility index (Phi) is 4.26. The molecule has 6 nitrogen and oxygen atoms in total. The molecule has 0 spiro atoms. The number of hydrogen-bond acceptors (Lipinski definition) is 3. The zero-order valence-electron chi connectivity index (χ0n) is 15.6. The quantitative estimate of drug-likeness (QED) is 0.783. The Morgan fingerprint density at radius 3 is 2.92 bits per heavy atom. The van der Waals surface area contributed by atoms with Gasteiger partial charge in [-0.1, -0.05) is 12.1 Å². The number of piperidine rings is 1. The van der Waals surface area contributed by atoms with Crippen molar-refractivity contribution in [2.75, 3.05) is 13.1 Å². The highest BCUT2D eigenvalue weighted by Gasteiger charge is 2.28. The Morgan fingerprint density at radius 1 is 1.35 bits per heavy atom. The highest BCUT2D eigenvalue weighted by Crippen LogP contribution is 2.28. The molecule has 1 aromatic carbocycles. The van der Waals surface area contributed by atoms with Crippen LogP contribution in [0.2, 0.25) is 0 Å². The third-order valence-corrected chi connectivity index (χ3v) is 5.21. The number of carbonyl (C=O) groups is 1. The van der Waals surface area contributed by atoms with Crippen molar-refractivity contribution >= 4 is 16.9 Å². The van der Waals surface area contributed by atoms with Crippen LogP contribution in [0.4, 0.5) is 0 Å². The van der Waals surface area contributed by atoms with E-state index in [0.29, 0.717) is 12.1 Å². The second-order valence-corrected chi connectivity index (χ2v) is 7.49. The standard InChI is InChI=1S/C20H25N5O/c1-13(2)25-12-16(10-21-25)20(26)24-9-5-7-15(11-24)19-22-17-8-4-6-14(3)18(17)23-19/h4,6,8,10,12-13,15H,5,7,9,11H2,1-3H3,(H,22,23). The van der Waals surface area contributed by atoms with Gasteiger partial charge in [-0.3, -0.25) is 9.48 Å². The third kappa shape index (κ3) is 3.00. The molecule has 2 aromatic heterocycles. The minimum absolute atomic E-state index is 0.0638. The summed E-state index contributed by atoms with van der Waals surface area (Å²) in [5.74, 6) is 1.30. The number of para-hydroxylation sites is 1. The van der Waals surface area contributed by atoms with E-state index in [0.717, 1.165) is 36.2 Å². The molecule has 1 aliphatic rings. The molecule has 1 N–H and O–H groups in total. The van der Waals surface area contributed by atoms with Crippen LogP contribution in [0, 0.1) is 6.92 Å². The second kappa shape index (κ2) is 6.59. The number of hydrogen-bond donors (Lipinski definition) is 1. The normalized spacial score (nSPS) is 18.0. The first-order valence-corrected chi connectivity index (χ1v) is 9.31. The molecular weight excluding hydrogens is 326 g/mol. The van der Waals surface area contributed by atoms with Gasteiger partial charge >= 0.3 is 0 Å². The van der Waals surface area contributed by atoms with Crippen LogP contribution in [0.3, 0.4) is 0 Å². The van der Waals surface area contributed by atoms with E-state index in [4.69, 9.17) is 4.98 Å². The van der Waals surface area contributed by atoms with Crippen LogP contribution in [0.5, 0.6) is 0 Å². The van der Waals surface area contributed by atoms with Crippen LogP contribution in [0.1, 0.15) is 60.4 Å². The number of aromatic amines is 1. The molecule has 0 aliphatic carbocycles. The summed E-state index contributed by atoms with van der Waals surface area (Å²) in [5.41, 5.74) is 3.94. The summed E-state index contributed by atoms with van der Waals surface area (Å²) in [4.78, 5) is 23.1. The molecule has 4 rings (SSSR count). The highest BCUT2D eigenvalue weighted by molar-refractivity contribution is 5.93. The SMILES string of the molecule is Cc1cccc2[nH]c(C3CCCN(C(=O)c4cnn(C(C)C)c4)C3)nc12. The highest BCUT2D eigenvalue weighted by atomic mass is 16.2. The second-order valence-electron chi connectivity index (χ2n) is 7.49. The molecule has 3 aromatic rings. The lowest BCUT2D eigenvalue weighted by Gasteiger charge is -2.31. The van der Waals surface area contributed by atoms with Crippen LogP contribution >= 0.6 is 0 Å². The van der Waals surface area contributed by atoms with Gasteiger partial charge in [0.15, 0.2) is 0 Å². The number of fused-ring (bicyclic) bond motifs is 1. The van der Waals surface area contributed by atoms with E-state index >= 15 is 0 Å². The van der Waals surface area contributed by atoms with Crippen LogP contribution in [-0.4, -0.2) is 43.6 Å². The summed E-state index contributed by atoms with van der Waals surface area (Å²) in [7, 11) is 0. The van der Waals surface area contributed by atoms with Crippen molar-refractivity contribution in [2.45, 2.75) is 45.6 Å². The van der Waals surface area contributed by atoms with Gasteiger partial charge in [-0.05, 0) is 45.2 Å². The lowest BCUT2D eigenvalue weighted by molar-refractivity contribution is 0.0705. The Hall–Kier alpha value is -2.63. The first kappa shape index (κ1) is 16.8. The van der Waals surface area contributed by atoms with Crippen LogP contribution in [0.25, 0.3) is 11.0 Å². The molecule has 1 atom stereocenters. The van der Waals surface area contributed by atoms with Gasteiger partial charge in [0.05, 0.1) is 22.8 Å². The monoisotopic (exact) mass is 351 g/mol. The van der Waals surface area contributed by atoms with E-state index in [1.165, 1.54) is 5.56 Å². The Bertz CT molecular complexity index is 939.